The summed E-state index contributed by atoms with van der Waals surface area (Å²) in [6.07, 6.45) is 15.4. The molecule has 3 amide bonds. The second-order valence-corrected chi connectivity index (χ2v) is 39.6. The van der Waals surface area contributed by atoms with E-state index >= 15 is 0 Å². The topological polar surface area (TPSA) is 292 Å². The lowest BCUT2D eigenvalue weighted by Gasteiger charge is -2.50. The molecule has 0 radical (unpaired) electrons. The number of nitrogens with zero attached hydrogens (tertiary/aromatic N) is 14. The summed E-state index contributed by atoms with van der Waals surface area (Å²) in [5, 5.41) is 35.4. The van der Waals surface area contributed by atoms with Crippen LogP contribution in [-0.4, -0.2) is 223 Å². The maximum Gasteiger partial charge on any atom is 0.309 e. The van der Waals surface area contributed by atoms with Crippen LogP contribution in [0, 0.1) is 17.8 Å². The zero-order valence-electron chi connectivity index (χ0n) is 66.2. The molecule has 27 nitrogen and oxygen atoms in total. The number of carbonyl (C=O) groups is 6. The number of thiazole rings is 3. The van der Waals surface area contributed by atoms with Gasteiger partial charge in [0.1, 0.15) is 49.5 Å². The Hall–Kier alpha value is -7.32. The molecule has 9 aromatic rings. The first-order valence-electron chi connectivity index (χ1n) is 40.4. The number of carboxylic acids is 1. The van der Waals surface area contributed by atoms with Crippen molar-refractivity contribution in [1.29, 1.82) is 0 Å². The number of fused-ring (bicyclic) bond motifs is 9. The molecular formula is C81H90Cl6N18O9S6. The van der Waals surface area contributed by atoms with Gasteiger partial charge in [-0.2, -0.15) is 0 Å². The molecule has 6 unspecified atom stereocenters. The van der Waals surface area contributed by atoms with Gasteiger partial charge < -0.3 is 49.3 Å². The highest BCUT2D eigenvalue weighted by atomic mass is 35.5. The number of nitrogens with one attached hydrogen (secondary N) is 4. The van der Waals surface area contributed by atoms with E-state index in [2.05, 4.69) is 79.7 Å². The van der Waals surface area contributed by atoms with Crippen molar-refractivity contribution in [2.45, 2.75) is 127 Å². The van der Waals surface area contributed by atoms with Gasteiger partial charge in [-0.05, 0) is 141 Å². The van der Waals surface area contributed by atoms with E-state index in [1.165, 1.54) is 65.7 Å². The van der Waals surface area contributed by atoms with Crippen molar-refractivity contribution in [3.05, 3.63) is 118 Å². The van der Waals surface area contributed by atoms with E-state index in [1.807, 2.05) is 58.0 Å². The Kier molecular flexibility index (Phi) is 27.3. The number of ether oxygens (including phenoxy) is 2. The number of piperidine rings is 9. The van der Waals surface area contributed by atoms with Crippen molar-refractivity contribution in [3.63, 3.8) is 0 Å². The van der Waals surface area contributed by atoms with E-state index in [9.17, 15) is 33.9 Å². The molecule has 12 aliphatic rings. The number of amides is 3. The van der Waals surface area contributed by atoms with Crippen molar-refractivity contribution < 1.29 is 43.3 Å². The van der Waals surface area contributed by atoms with Crippen LogP contribution in [0.25, 0.3) is 31.7 Å². The summed E-state index contributed by atoms with van der Waals surface area (Å²) in [4.78, 5) is 124. The van der Waals surface area contributed by atoms with Gasteiger partial charge in [0.25, 0.3) is 17.7 Å². The summed E-state index contributed by atoms with van der Waals surface area (Å²) in [5.41, 5.74) is 3.60. The molecule has 6 bridgehead atoms. The molecule has 39 heteroatoms. The number of thiophene rings is 3. The van der Waals surface area contributed by atoms with Gasteiger partial charge in [-0.1, -0.05) is 104 Å². The fraction of sp³-hybridized carbons (Fsp3) is 0.481. The average molecular weight is 1860 g/mol. The van der Waals surface area contributed by atoms with Gasteiger partial charge in [0, 0.05) is 150 Å². The number of carbonyl (C=O) groups excluding carboxylic acids is 5. The second kappa shape index (κ2) is 38.0. The van der Waals surface area contributed by atoms with Crippen LogP contribution in [0.4, 0.5) is 47.9 Å². The van der Waals surface area contributed by atoms with Gasteiger partial charge in [-0.3, -0.25) is 54.5 Å². The summed E-state index contributed by atoms with van der Waals surface area (Å²) in [5.74, 6) is -0.783. The molecule has 12 aliphatic heterocycles. The first-order chi connectivity index (χ1) is 58.0. The van der Waals surface area contributed by atoms with Gasteiger partial charge in [0.15, 0.2) is 15.4 Å². The molecule has 12 saturated heterocycles. The Balaban J connectivity index is 0.000000134. The number of halogens is 6. The molecule has 21 heterocycles. The highest BCUT2D eigenvalue weighted by molar-refractivity contribution is 7.22. The Morgan fingerprint density at radius 3 is 1.04 bits per heavy atom. The number of likely N-dealkylation sites (N-methyl/N-ethyl adjacent to an activating group) is 2. The fourth-order valence-electron chi connectivity index (χ4n) is 17.4. The Labute approximate surface area is 749 Å². The summed E-state index contributed by atoms with van der Waals surface area (Å²) < 4.78 is 10.3. The SMILES string of the molecule is CCOC(=O)C1CCN(c2ncc(C(=O)Nc3nc(-c4cc(Cl)cs4)c(N4CC5CCC4CN5)s3)cc2Cl)CC1.CCOC(=O)C1CCN(c2ncc(C(=O)Nc3nc(-c4cc(Cl)cs4)c(N4CC5CCC4CN5C)s3)cc2Cl)CC1.CN1CC2CCC1CN2c1sc(NC(=O)c2cnc(N3CCC(C(=O)O)CC3)c(Cl)c2)nc1-c1cc(Cl)cs1. The first kappa shape index (κ1) is 86.2. The molecule has 0 aromatic carbocycles. The van der Waals surface area contributed by atoms with Gasteiger partial charge in [-0.15, -0.1) is 34.0 Å². The van der Waals surface area contributed by atoms with E-state index in [1.54, 1.807) is 58.4 Å². The van der Waals surface area contributed by atoms with Gasteiger partial charge >= 0.3 is 17.9 Å². The van der Waals surface area contributed by atoms with Crippen LogP contribution in [0.5, 0.6) is 0 Å². The predicted molar refractivity (Wildman–Crippen MR) is 484 cm³/mol. The molecule has 21 rings (SSSR count). The van der Waals surface area contributed by atoms with Crippen LogP contribution in [-0.2, 0) is 23.9 Å². The van der Waals surface area contributed by atoms with Crippen LogP contribution in [0.1, 0.15) is 122 Å². The largest absolute Gasteiger partial charge is 0.481 e. The molecule has 12 fully saturated rings. The smallest absolute Gasteiger partial charge is 0.309 e. The van der Waals surface area contributed by atoms with E-state index in [4.69, 9.17) is 94.0 Å². The maximum absolute atomic E-state index is 13.3. The van der Waals surface area contributed by atoms with Crippen LogP contribution in [0.3, 0.4) is 0 Å². The molecule has 636 valence electrons. The Morgan fingerprint density at radius 2 is 0.775 bits per heavy atom. The van der Waals surface area contributed by atoms with E-state index in [-0.39, 0.29) is 47.4 Å². The fourth-order valence-corrected chi connectivity index (χ4v) is 24.8. The number of pyridine rings is 3. The number of carboxylic acid groups (broad SMARTS) is 1. The average Bonchev–Trinajstić information content (AvgIpc) is 1.48. The number of hydrogen-bond acceptors (Lipinski definition) is 29. The summed E-state index contributed by atoms with van der Waals surface area (Å²) >= 11 is 47.6. The molecular weight excluding hydrogens is 1770 g/mol. The normalized spacial score (nSPS) is 21.4. The van der Waals surface area contributed by atoms with Crippen LogP contribution < -0.4 is 50.7 Å². The minimum atomic E-state index is -0.767. The minimum absolute atomic E-state index is 0.102. The van der Waals surface area contributed by atoms with E-state index in [0.29, 0.717) is 207 Å². The summed E-state index contributed by atoms with van der Waals surface area (Å²) in [7, 11) is 4.39. The third kappa shape index (κ3) is 19.3. The molecule has 0 saturated carbocycles. The highest BCUT2D eigenvalue weighted by Gasteiger charge is 2.43. The minimum Gasteiger partial charge on any atom is -0.481 e. The number of rotatable bonds is 20. The monoisotopic (exact) mass is 1860 g/mol. The van der Waals surface area contributed by atoms with E-state index in [0.717, 1.165) is 105 Å². The lowest BCUT2D eigenvalue weighted by Crippen LogP contribution is -2.61. The van der Waals surface area contributed by atoms with Gasteiger partial charge in [0.2, 0.25) is 0 Å². The number of anilines is 9. The summed E-state index contributed by atoms with van der Waals surface area (Å²) in [6.45, 7) is 13.9. The zero-order chi connectivity index (χ0) is 83.7. The Bertz CT molecular complexity index is 5250. The molecule has 9 aromatic heterocycles. The van der Waals surface area contributed by atoms with E-state index < -0.39 is 5.97 Å². The van der Waals surface area contributed by atoms with Crippen molar-refractivity contribution in [2.75, 3.05) is 151 Å². The molecule has 6 atom stereocenters. The van der Waals surface area contributed by atoms with Crippen molar-refractivity contribution in [1.82, 2.24) is 45.0 Å². The zero-order valence-corrected chi connectivity index (χ0v) is 75.6. The lowest BCUT2D eigenvalue weighted by molar-refractivity contribution is -0.149. The van der Waals surface area contributed by atoms with Gasteiger partial charge in [0.05, 0.1) is 92.4 Å². The molecule has 0 aliphatic carbocycles. The number of esters is 2. The molecule has 5 N–H and O–H groups in total. The van der Waals surface area contributed by atoms with Crippen LogP contribution in [0.15, 0.2) is 71.1 Å². The van der Waals surface area contributed by atoms with Crippen molar-refractivity contribution >= 4 is 221 Å². The lowest BCUT2D eigenvalue weighted by atomic mass is 9.91. The first-order valence-corrected chi connectivity index (χ1v) is 47.7. The Morgan fingerprint density at radius 1 is 0.442 bits per heavy atom. The predicted octanol–water partition coefficient (Wildman–Crippen LogP) is 16.8. The molecule has 0 spiro atoms. The number of aromatic nitrogens is 6. The van der Waals surface area contributed by atoms with Crippen LogP contribution in [0.2, 0.25) is 30.1 Å². The highest BCUT2D eigenvalue weighted by Crippen LogP contribution is 2.50. The summed E-state index contributed by atoms with van der Waals surface area (Å²) in [6, 6.07) is 13.4. The number of hydrogen-bond donors (Lipinski definition) is 5. The number of aliphatic carboxylic acids is 1. The van der Waals surface area contributed by atoms with Crippen molar-refractivity contribution in [2.24, 2.45) is 17.8 Å². The van der Waals surface area contributed by atoms with Crippen LogP contribution >= 0.6 is 138 Å². The third-order valence-corrected chi connectivity index (χ3v) is 31.6. The maximum atomic E-state index is 13.3. The second-order valence-electron chi connectivity index (χ2n) is 31.4. The quantitative estimate of drug-likeness (QED) is 0.0443. The van der Waals surface area contributed by atoms with Gasteiger partial charge in [-0.25, -0.2) is 29.9 Å². The third-order valence-electron chi connectivity index (χ3n) is 23.9. The molecule has 120 heavy (non-hydrogen) atoms. The van der Waals surface area contributed by atoms with Crippen molar-refractivity contribution in [3.8, 4) is 31.7 Å². The standard InChI is InChI=1S/C28H32Cl2N6O3S2.C27H30Cl2N6O3S2.C26H28Cl2N6O3S2/c1-3-39-27(38)16-6-8-35(9-7-16)24-21(30)10-17(12-31-24)25(37)33-28-32-23(22-11-18(29)15-40-22)26(41-28)36-14-19-4-5-20(36)13-34(19)2;1-2-38-26(37)15-5-7-34(8-6-15)23-20(29)9-16(11-31-23)24(36)33-27-32-22(21-10-17(28)14-39-21)25(40-27)35-13-18-3-4-19(35)12-30-18;1-32-11-18-3-2-17(32)12-34(18)24-21(20-9-16(27)13-38-20)30-26(39-24)31-23(35)15-8-19(28)22(29-10-15)33-6-4-14(5-7-33)25(36)37/h10-12,15-16,19-20H,3-9,13-14H2,1-2H3,(H,32,33,37);9-11,14-15,18-19,30H,2-8,12-13H2,1H3,(H,32,33,36);8-10,13-14,17-18H,2-7,11-12H2,1H3,(H,36,37)(H,30,31,35). The number of piperazine rings is 3.